The number of hydrogen-bond donors (Lipinski definition) is 1. The van der Waals surface area contributed by atoms with E-state index in [2.05, 4.69) is 21.0 Å². The van der Waals surface area contributed by atoms with Crippen molar-refractivity contribution in [2.75, 3.05) is 6.54 Å². The van der Waals surface area contributed by atoms with Gasteiger partial charge in [0, 0.05) is 17.5 Å². The van der Waals surface area contributed by atoms with Gasteiger partial charge in [-0.15, -0.1) is 5.10 Å². The molecule has 0 aliphatic heterocycles. The molecule has 0 aliphatic carbocycles. The van der Waals surface area contributed by atoms with Crippen molar-refractivity contribution in [3.8, 4) is 0 Å². The molecule has 7 nitrogen and oxygen atoms in total. The van der Waals surface area contributed by atoms with Crippen molar-refractivity contribution < 1.29 is 14.0 Å². The monoisotopic (exact) mass is 426 g/mol. The van der Waals surface area contributed by atoms with Crippen LogP contribution in [-0.4, -0.2) is 38.4 Å². The zero-order valence-corrected chi connectivity index (χ0v) is 18.4. The molecular formula is C22H26N4O3S. The van der Waals surface area contributed by atoms with Gasteiger partial charge in [-0.05, 0) is 63.3 Å². The van der Waals surface area contributed by atoms with Crippen LogP contribution in [-0.2, 0) is 11.2 Å². The van der Waals surface area contributed by atoms with E-state index >= 15 is 0 Å². The van der Waals surface area contributed by atoms with Gasteiger partial charge in [0.2, 0.25) is 0 Å². The molecule has 0 unspecified atom stereocenters. The Balaban J connectivity index is 1.95. The fourth-order valence-electron chi connectivity index (χ4n) is 3.18. The summed E-state index contributed by atoms with van der Waals surface area (Å²) in [5, 5.41) is 8.47. The molecule has 1 N–H and O–H groups in total. The SMILES string of the molecule is Cc1cccc(CCN(C(=O)c2csnn2)[C@H](C(=O)NC(C)(C)C)c2ccco2)c1. The zero-order valence-electron chi connectivity index (χ0n) is 17.6. The molecule has 2 heterocycles. The Kier molecular flexibility index (Phi) is 6.66. The maximum absolute atomic E-state index is 13.3. The lowest BCUT2D eigenvalue weighted by molar-refractivity contribution is -0.128. The Morgan fingerprint density at radius 2 is 2.03 bits per heavy atom. The van der Waals surface area contributed by atoms with Crippen LogP contribution in [0.15, 0.2) is 52.5 Å². The van der Waals surface area contributed by atoms with E-state index in [9.17, 15) is 9.59 Å². The minimum atomic E-state index is -0.918. The van der Waals surface area contributed by atoms with Gasteiger partial charge in [0.05, 0.1) is 6.26 Å². The molecule has 1 atom stereocenters. The zero-order chi connectivity index (χ0) is 21.7. The first-order valence-electron chi connectivity index (χ1n) is 9.73. The first kappa shape index (κ1) is 21.7. The van der Waals surface area contributed by atoms with Crippen molar-refractivity contribution in [1.82, 2.24) is 19.8 Å². The average molecular weight is 427 g/mol. The van der Waals surface area contributed by atoms with Gasteiger partial charge in [0.25, 0.3) is 11.8 Å². The number of aromatic nitrogens is 2. The van der Waals surface area contributed by atoms with Gasteiger partial charge in [-0.1, -0.05) is 34.3 Å². The highest BCUT2D eigenvalue weighted by atomic mass is 32.1. The predicted octanol–water partition coefficient (Wildman–Crippen LogP) is 3.78. The first-order chi connectivity index (χ1) is 14.2. The predicted molar refractivity (Wildman–Crippen MR) is 115 cm³/mol. The number of amides is 2. The Bertz CT molecular complexity index is 978. The number of carbonyl (C=O) groups is 2. The van der Waals surface area contributed by atoms with Crippen molar-refractivity contribution in [3.05, 3.63) is 70.6 Å². The molecule has 2 aromatic heterocycles. The average Bonchev–Trinajstić information content (AvgIpc) is 3.37. The number of furan rings is 1. The Morgan fingerprint density at radius 1 is 1.23 bits per heavy atom. The van der Waals surface area contributed by atoms with E-state index in [0.29, 0.717) is 18.7 Å². The van der Waals surface area contributed by atoms with Crippen molar-refractivity contribution in [3.63, 3.8) is 0 Å². The van der Waals surface area contributed by atoms with Crippen molar-refractivity contribution in [2.45, 2.75) is 45.7 Å². The van der Waals surface area contributed by atoms with E-state index in [1.807, 2.05) is 45.9 Å². The Labute approximate surface area is 180 Å². The van der Waals surface area contributed by atoms with Gasteiger partial charge >= 0.3 is 0 Å². The van der Waals surface area contributed by atoms with Gasteiger partial charge in [-0.3, -0.25) is 9.59 Å². The van der Waals surface area contributed by atoms with Crippen LogP contribution in [0.4, 0.5) is 0 Å². The molecular weight excluding hydrogens is 400 g/mol. The van der Waals surface area contributed by atoms with Crippen LogP contribution in [0, 0.1) is 6.92 Å². The minimum Gasteiger partial charge on any atom is -0.467 e. The highest BCUT2D eigenvalue weighted by Gasteiger charge is 2.36. The first-order valence-corrected chi connectivity index (χ1v) is 10.6. The molecule has 0 saturated carbocycles. The molecule has 0 aliphatic rings. The van der Waals surface area contributed by atoms with Crippen LogP contribution in [0.1, 0.15) is 54.2 Å². The van der Waals surface area contributed by atoms with Gasteiger partial charge in [-0.2, -0.15) is 0 Å². The maximum Gasteiger partial charge on any atom is 0.276 e. The van der Waals surface area contributed by atoms with E-state index in [1.54, 1.807) is 17.5 Å². The number of aryl methyl sites for hydroxylation is 1. The standard InChI is InChI=1S/C22H26N4O3S/c1-15-7-5-8-16(13-15)10-11-26(21(28)17-14-30-25-24-17)19(18-9-6-12-29-18)20(27)23-22(2,3)4/h5-9,12-14,19H,10-11H2,1-4H3,(H,23,27)/t19-/m0/s1. The Hall–Kier alpha value is -3.00. The van der Waals surface area contributed by atoms with Crippen LogP contribution < -0.4 is 5.32 Å². The minimum absolute atomic E-state index is 0.212. The summed E-state index contributed by atoms with van der Waals surface area (Å²) in [6.45, 7) is 8.03. The molecule has 30 heavy (non-hydrogen) atoms. The summed E-state index contributed by atoms with van der Waals surface area (Å²) >= 11 is 1.10. The summed E-state index contributed by atoms with van der Waals surface area (Å²) in [5.74, 6) is -0.266. The van der Waals surface area contributed by atoms with Crippen molar-refractivity contribution >= 4 is 23.3 Å². The molecule has 0 bridgehead atoms. The topological polar surface area (TPSA) is 88.3 Å². The summed E-state index contributed by atoms with van der Waals surface area (Å²) in [7, 11) is 0. The number of rotatable bonds is 7. The highest BCUT2D eigenvalue weighted by molar-refractivity contribution is 7.03. The molecule has 0 fully saturated rings. The summed E-state index contributed by atoms with van der Waals surface area (Å²) in [5.41, 5.74) is 1.97. The number of nitrogens with zero attached hydrogens (tertiary/aromatic N) is 3. The third-order valence-electron chi connectivity index (χ3n) is 4.43. The fraction of sp³-hybridized carbons (Fsp3) is 0.364. The summed E-state index contributed by atoms with van der Waals surface area (Å²) in [6.07, 6.45) is 2.09. The van der Waals surface area contributed by atoms with Crippen LogP contribution in [0.3, 0.4) is 0 Å². The molecule has 0 saturated heterocycles. The van der Waals surface area contributed by atoms with Crippen molar-refractivity contribution in [1.29, 1.82) is 0 Å². The highest BCUT2D eigenvalue weighted by Crippen LogP contribution is 2.25. The van der Waals surface area contributed by atoms with Crippen molar-refractivity contribution in [2.24, 2.45) is 0 Å². The summed E-state index contributed by atoms with van der Waals surface area (Å²) in [6, 6.07) is 10.6. The van der Waals surface area contributed by atoms with Crippen LogP contribution in [0.25, 0.3) is 0 Å². The van der Waals surface area contributed by atoms with Gasteiger partial charge < -0.3 is 14.6 Å². The lowest BCUT2D eigenvalue weighted by Crippen LogP contribution is -2.49. The summed E-state index contributed by atoms with van der Waals surface area (Å²) < 4.78 is 9.36. The number of hydrogen-bond acceptors (Lipinski definition) is 6. The van der Waals surface area contributed by atoms with Gasteiger partial charge in [0.1, 0.15) is 5.76 Å². The van der Waals surface area contributed by atoms with Gasteiger partial charge in [0.15, 0.2) is 11.7 Å². The lowest BCUT2D eigenvalue weighted by Gasteiger charge is -2.32. The van der Waals surface area contributed by atoms with Crippen LogP contribution in [0.5, 0.6) is 0 Å². The largest absolute Gasteiger partial charge is 0.467 e. The third-order valence-corrected chi connectivity index (χ3v) is 4.94. The molecule has 158 valence electrons. The molecule has 3 rings (SSSR count). The normalized spacial score (nSPS) is 12.4. The number of carbonyl (C=O) groups excluding carboxylic acids is 2. The van der Waals surface area contributed by atoms with Crippen LogP contribution >= 0.6 is 11.5 Å². The van der Waals surface area contributed by atoms with E-state index in [0.717, 1.165) is 22.7 Å². The summed E-state index contributed by atoms with van der Waals surface area (Å²) in [4.78, 5) is 28.1. The molecule has 2 amide bonds. The fourth-order valence-corrected chi connectivity index (χ4v) is 3.61. The molecule has 1 aromatic carbocycles. The smallest absolute Gasteiger partial charge is 0.276 e. The molecule has 8 heteroatoms. The Morgan fingerprint density at radius 3 is 2.63 bits per heavy atom. The second-order valence-electron chi connectivity index (χ2n) is 8.18. The maximum atomic E-state index is 13.3. The third kappa shape index (κ3) is 5.54. The van der Waals surface area contributed by atoms with E-state index in [4.69, 9.17) is 4.42 Å². The molecule has 0 spiro atoms. The molecule has 3 aromatic rings. The second kappa shape index (κ2) is 9.21. The number of nitrogens with one attached hydrogen (secondary N) is 1. The van der Waals surface area contributed by atoms with Gasteiger partial charge in [-0.25, -0.2) is 0 Å². The number of benzene rings is 1. The lowest BCUT2D eigenvalue weighted by atomic mass is 10.0. The van der Waals surface area contributed by atoms with E-state index < -0.39 is 11.6 Å². The van der Waals surface area contributed by atoms with Crippen LogP contribution in [0.2, 0.25) is 0 Å². The quantitative estimate of drug-likeness (QED) is 0.621. The van der Waals surface area contributed by atoms with E-state index in [-0.39, 0.29) is 17.5 Å². The second-order valence-corrected chi connectivity index (χ2v) is 8.79. The molecule has 0 radical (unpaired) electrons. The van der Waals surface area contributed by atoms with E-state index in [1.165, 1.54) is 11.2 Å².